The zero-order valence-corrected chi connectivity index (χ0v) is 18.6. The number of carbonyl (C=O) groups excluding carboxylic acids is 1. The van der Waals surface area contributed by atoms with E-state index in [1.54, 1.807) is 11.7 Å². The Morgan fingerprint density at radius 3 is 2.54 bits per heavy atom. The van der Waals surface area contributed by atoms with Gasteiger partial charge < -0.3 is 4.90 Å². The molecule has 0 saturated heterocycles. The van der Waals surface area contributed by atoms with Crippen LogP contribution in [-0.4, -0.2) is 37.4 Å². The minimum Gasteiger partial charge on any atom is -0.340 e. The van der Waals surface area contributed by atoms with Gasteiger partial charge in [0.2, 0.25) is 5.91 Å². The van der Waals surface area contributed by atoms with Crippen molar-refractivity contribution in [2.45, 2.75) is 57.9 Å². The first-order valence-electron chi connectivity index (χ1n) is 8.91. The number of nitrogens with zero attached hydrogens (tertiary/aromatic N) is 5. The second kappa shape index (κ2) is 8.17. The molecule has 0 aliphatic heterocycles. The molecule has 154 valence electrons. The topological polar surface area (TPSA) is 56.0 Å². The van der Waals surface area contributed by atoms with Crippen molar-refractivity contribution in [3.8, 4) is 0 Å². The third kappa shape index (κ3) is 4.61. The van der Waals surface area contributed by atoms with Gasteiger partial charge in [-0.2, -0.15) is 23.4 Å². The number of alkyl halides is 3. The van der Waals surface area contributed by atoms with Gasteiger partial charge in [-0.3, -0.25) is 14.2 Å². The first-order chi connectivity index (χ1) is 13.1. The zero-order valence-electron chi connectivity index (χ0n) is 15.4. The summed E-state index contributed by atoms with van der Waals surface area (Å²) in [5.74, 6) is -0.111. The molecule has 0 atom stereocenters. The number of amides is 1. The first kappa shape index (κ1) is 21.4. The average Bonchev–Trinajstić information content (AvgIpc) is 3.30. The van der Waals surface area contributed by atoms with Crippen LogP contribution in [0.15, 0.2) is 15.1 Å². The molecule has 1 saturated carbocycles. The lowest BCUT2D eigenvalue weighted by atomic mass is 10.2. The first-order valence-corrected chi connectivity index (χ1v) is 10.5. The highest BCUT2D eigenvalue weighted by atomic mass is 79.9. The summed E-state index contributed by atoms with van der Waals surface area (Å²) < 4.78 is 43.4. The van der Waals surface area contributed by atoms with Crippen molar-refractivity contribution in [2.75, 3.05) is 7.05 Å². The number of carbonyl (C=O) groups is 1. The van der Waals surface area contributed by atoms with Crippen LogP contribution in [0.4, 0.5) is 13.2 Å². The predicted molar refractivity (Wildman–Crippen MR) is 104 cm³/mol. The molecule has 1 aliphatic carbocycles. The summed E-state index contributed by atoms with van der Waals surface area (Å²) >= 11 is 6.49. The molecule has 0 aromatic carbocycles. The van der Waals surface area contributed by atoms with Crippen molar-refractivity contribution in [3.05, 3.63) is 32.2 Å². The van der Waals surface area contributed by atoms with E-state index in [0.717, 1.165) is 29.6 Å². The van der Waals surface area contributed by atoms with Crippen LogP contribution in [0, 0.1) is 0 Å². The maximum atomic E-state index is 13.2. The Morgan fingerprint density at radius 2 is 2.00 bits per heavy atom. The number of aryl methyl sites for hydroxylation is 2. The van der Waals surface area contributed by atoms with Crippen LogP contribution < -0.4 is 0 Å². The fourth-order valence-electron chi connectivity index (χ4n) is 2.96. The molecular formula is C17H20Br2F3N5O. The lowest BCUT2D eigenvalue weighted by molar-refractivity contribution is -0.142. The number of rotatable bonds is 7. The number of aromatic nitrogens is 4. The molecule has 1 aliphatic rings. The maximum Gasteiger partial charge on any atom is 0.436 e. The van der Waals surface area contributed by atoms with Gasteiger partial charge in [-0.15, -0.1) is 0 Å². The van der Waals surface area contributed by atoms with E-state index in [2.05, 4.69) is 42.1 Å². The normalized spacial score (nSPS) is 14.5. The molecule has 0 spiro atoms. The summed E-state index contributed by atoms with van der Waals surface area (Å²) in [7, 11) is 1.65. The summed E-state index contributed by atoms with van der Waals surface area (Å²) in [4.78, 5) is 14.0. The van der Waals surface area contributed by atoms with Gasteiger partial charge in [-0.1, -0.05) is 0 Å². The maximum absolute atomic E-state index is 13.2. The fraction of sp³-hybridized carbons (Fsp3) is 0.588. The largest absolute Gasteiger partial charge is 0.436 e. The number of halogens is 5. The lowest BCUT2D eigenvalue weighted by Crippen LogP contribution is -2.28. The van der Waals surface area contributed by atoms with Crippen LogP contribution in [0.1, 0.15) is 49.2 Å². The molecule has 1 amide bonds. The quantitative estimate of drug-likeness (QED) is 0.531. The van der Waals surface area contributed by atoms with Crippen molar-refractivity contribution >= 4 is 37.8 Å². The van der Waals surface area contributed by atoms with Gasteiger partial charge in [0.1, 0.15) is 0 Å². The molecule has 2 aromatic rings. The van der Waals surface area contributed by atoms with E-state index in [0.29, 0.717) is 12.2 Å². The Labute approximate surface area is 177 Å². The van der Waals surface area contributed by atoms with E-state index in [1.807, 2.05) is 13.1 Å². The van der Waals surface area contributed by atoms with Crippen LogP contribution in [0.5, 0.6) is 0 Å². The second-order valence-electron chi connectivity index (χ2n) is 6.82. The van der Waals surface area contributed by atoms with Crippen molar-refractivity contribution in [3.63, 3.8) is 0 Å². The Bertz CT molecular complexity index is 873. The molecule has 0 N–H and O–H groups in total. The molecule has 11 heteroatoms. The summed E-state index contributed by atoms with van der Waals surface area (Å²) in [5, 5.41) is 8.12. The second-order valence-corrected chi connectivity index (χ2v) is 8.47. The van der Waals surface area contributed by atoms with E-state index in [9.17, 15) is 18.0 Å². The van der Waals surface area contributed by atoms with Gasteiger partial charge in [-0.25, -0.2) is 0 Å². The van der Waals surface area contributed by atoms with Gasteiger partial charge >= 0.3 is 6.18 Å². The predicted octanol–water partition coefficient (Wildman–Crippen LogP) is 4.57. The van der Waals surface area contributed by atoms with Crippen LogP contribution in [0.2, 0.25) is 0 Å². The van der Waals surface area contributed by atoms with Gasteiger partial charge in [0.15, 0.2) is 5.69 Å². The standard InChI is InChI=1S/C17H20Br2F3N5O/c1-3-26-8-11(18)12(23-26)9-25(2)13(28)6-7-27-15(10-4-5-10)14(19)16(24-27)17(20,21)22/h8,10H,3-7,9H2,1-2H3. The summed E-state index contributed by atoms with van der Waals surface area (Å²) in [6.07, 6.45) is -0.949. The van der Waals surface area contributed by atoms with Crippen molar-refractivity contribution in [1.82, 2.24) is 24.5 Å². The molecule has 3 rings (SSSR count). The smallest absolute Gasteiger partial charge is 0.340 e. The summed E-state index contributed by atoms with van der Waals surface area (Å²) in [6.45, 7) is 3.11. The molecule has 1 fully saturated rings. The number of hydrogen-bond donors (Lipinski definition) is 0. The lowest BCUT2D eigenvalue weighted by Gasteiger charge is -2.16. The third-order valence-electron chi connectivity index (χ3n) is 4.63. The van der Waals surface area contributed by atoms with Gasteiger partial charge in [0.05, 0.1) is 33.4 Å². The van der Waals surface area contributed by atoms with Crippen LogP contribution in [0.3, 0.4) is 0 Å². The fourth-order valence-corrected chi connectivity index (χ4v) is 4.24. The Hall–Kier alpha value is -1.36. The minimum absolute atomic E-state index is 0.00246. The molecule has 6 nitrogen and oxygen atoms in total. The van der Waals surface area contributed by atoms with Crippen LogP contribution >= 0.6 is 31.9 Å². The molecular weight excluding hydrogens is 507 g/mol. The molecule has 0 bridgehead atoms. The van der Waals surface area contributed by atoms with Gasteiger partial charge in [-0.05, 0) is 51.6 Å². The average molecular weight is 527 g/mol. The zero-order chi connectivity index (χ0) is 20.6. The molecule has 0 unspecified atom stereocenters. The number of hydrogen-bond acceptors (Lipinski definition) is 3. The Morgan fingerprint density at radius 1 is 1.32 bits per heavy atom. The summed E-state index contributed by atoms with van der Waals surface area (Å²) in [5.41, 5.74) is 0.342. The summed E-state index contributed by atoms with van der Waals surface area (Å²) in [6, 6.07) is 0. The van der Waals surface area contributed by atoms with Gasteiger partial charge in [0.25, 0.3) is 0 Å². The van der Waals surface area contributed by atoms with E-state index in [-0.39, 0.29) is 29.3 Å². The van der Waals surface area contributed by atoms with Crippen molar-refractivity contribution in [1.29, 1.82) is 0 Å². The highest BCUT2D eigenvalue weighted by Crippen LogP contribution is 2.47. The highest BCUT2D eigenvalue weighted by molar-refractivity contribution is 9.10. The van der Waals surface area contributed by atoms with E-state index in [4.69, 9.17) is 0 Å². The highest BCUT2D eigenvalue weighted by Gasteiger charge is 2.41. The molecule has 28 heavy (non-hydrogen) atoms. The third-order valence-corrected chi connectivity index (χ3v) is 6.07. The van der Waals surface area contributed by atoms with Crippen molar-refractivity contribution in [2.24, 2.45) is 0 Å². The monoisotopic (exact) mass is 525 g/mol. The Balaban J connectivity index is 1.68. The molecule has 2 aromatic heterocycles. The Kier molecular flexibility index (Phi) is 6.23. The van der Waals surface area contributed by atoms with Crippen LogP contribution in [0.25, 0.3) is 0 Å². The van der Waals surface area contributed by atoms with Crippen molar-refractivity contribution < 1.29 is 18.0 Å². The van der Waals surface area contributed by atoms with E-state index >= 15 is 0 Å². The van der Waals surface area contributed by atoms with E-state index < -0.39 is 11.9 Å². The van der Waals surface area contributed by atoms with E-state index in [1.165, 1.54) is 9.58 Å². The molecule has 0 radical (unpaired) electrons. The minimum atomic E-state index is -4.53. The van der Waals surface area contributed by atoms with Gasteiger partial charge in [0, 0.05) is 32.1 Å². The molecule has 2 heterocycles. The van der Waals surface area contributed by atoms with Crippen LogP contribution in [-0.2, 0) is 30.6 Å². The SMILES string of the molecule is CCn1cc(Br)c(CN(C)C(=O)CCn2nc(C(F)(F)F)c(Br)c2C2CC2)n1.